The van der Waals surface area contributed by atoms with Crippen LogP contribution in [-0.2, 0) is 4.79 Å². The summed E-state index contributed by atoms with van der Waals surface area (Å²) in [6.45, 7) is 4.67. The van der Waals surface area contributed by atoms with E-state index in [2.05, 4.69) is 13.8 Å². The molecule has 1 aliphatic heterocycles. The predicted molar refractivity (Wildman–Crippen MR) is 92.9 cm³/mol. The summed E-state index contributed by atoms with van der Waals surface area (Å²) < 4.78 is 0. The number of carbonyl (C=O) groups is 2. The van der Waals surface area contributed by atoms with Gasteiger partial charge in [0.1, 0.15) is 0 Å². The second-order valence-electron chi connectivity index (χ2n) is 6.00. The van der Waals surface area contributed by atoms with E-state index in [1.807, 2.05) is 43.3 Å². The van der Waals surface area contributed by atoms with Gasteiger partial charge in [-0.2, -0.15) is 0 Å². The van der Waals surface area contributed by atoms with E-state index in [0.29, 0.717) is 17.4 Å². The predicted octanol–water partition coefficient (Wildman–Crippen LogP) is 3.84. The molecule has 0 atom stereocenters. The standard InChI is InChI=1S/C17H22N2O2S/c1-12(2)9-10-19-16(20)15(22-17(19)21)11-13-5-7-14(8-6-13)18(3)4/h5-8,11-12H,9-10H2,1-4H3/b15-11+. The van der Waals surface area contributed by atoms with Gasteiger partial charge in [0.2, 0.25) is 0 Å². The summed E-state index contributed by atoms with van der Waals surface area (Å²) in [7, 11) is 3.96. The van der Waals surface area contributed by atoms with Crippen molar-refractivity contribution in [1.82, 2.24) is 4.90 Å². The second-order valence-corrected chi connectivity index (χ2v) is 7.00. The number of rotatable bonds is 5. The molecule has 1 aromatic rings. The fourth-order valence-electron chi connectivity index (χ4n) is 2.10. The smallest absolute Gasteiger partial charge is 0.293 e. The number of hydrogen-bond acceptors (Lipinski definition) is 4. The molecular weight excluding hydrogens is 296 g/mol. The van der Waals surface area contributed by atoms with Crippen molar-refractivity contribution in [3.63, 3.8) is 0 Å². The average Bonchev–Trinajstić information content (AvgIpc) is 2.72. The monoisotopic (exact) mass is 318 g/mol. The van der Waals surface area contributed by atoms with Crippen molar-refractivity contribution in [1.29, 1.82) is 0 Å². The average molecular weight is 318 g/mol. The Morgan fingerprint density at radius 1 is 1.18 bits per heavy atom. The molecule has 1 aliphatic rings. The third-order valence-electron chi connectivity index (χ3n) is 3.51. The van der Waals surface area contributed by atoms with Gasteiger partial charge in [-0.1, -0.05) is 26.0 Å². The Morgan fingerprint density at radius 2 is 1.82 bits per heavy atom. The highest BCUT2D eigenvalue weighted by Gasteiger charge is 2.34. The molecule has 1 heterocycles. The van der Waals surface area contributed by atoms with Crippen LogP contribution in [0.5, 0.6) is 0 Å². The van der Waals surface area contributed by atoms with E-state index in [-0.39, 0.29) is 11.1 Å². The zero-order chi connectivity index (χ0) is 16.3. The van der Waals surface area contributed by atoms with Gasteiger partial charge in [-0.05, 0) is 47.9 Å². The number of carbonyl (C=O) groups excluding carboxylic acids is 2. The van der Waals surface area contributed by atoms with Crippen molar-refractivity contribution in [3.05, 3.63) is 34.7 Å². The summed E-state index contributed by atoms with van der Waals surface area (Å²) in [5.41, 5.74) is 2.03. The Morgan fingerprint density at radius 3 is 2.36 bits per heavy atom. The van der Waals surface area contributed by atoms with Crippen LogP contribution in [0.25, 0.3) is 6.08 Å². The van der Waals surface area contributed by atoms with E-state index >= 15 is 0 Å². The summed E-state index contributed by atoms with van der Waals surface area (Å²) in [6, 6.07) is 7.90. The SMILES string of the molecule is CC(C)CCN1C(=O)S/C(=C/c2ccc(N(C)C)cc2)C1=O. The van der Waals surface area contributed by atoms with Gasteiger partial charge in [-0.15, -0.1) is 0 Å². The highest BCUT2D eigenvalue weighted by atomic mass is 32.2. The lowest BCUT2D eigenvalue weighted by Gasteiger charge is -2.13. The van der Waals surface area contributed by atoms with E-state index in [9.17, 15) is 9.59 Å². The van der Waals surface area contributed by atoms with Crippen LogP contribution in [0.4, 0.5) is 10.5 Å². The number of nitrogens with zero attached hydrogens (tertiary/aromatic N) is 2. The van der Waals surface area contributed by atoms with E-state index in [1.54, 1.807) is 6.08 Å². The molecule has 0 aliphatic carbocycles. The van der Waals surface area contributed by atoms with Crippen LogP contribution < -0.4 is 4.90 Å². The van der Waals surface area contributed by atoms with Crippen LogP contribution >= 0.6 is 11.8 Å². The minimum atomic E-state index is -0.174. The molecule has 0 spiro atoms. The molecule has 4 nitrogen and oxygen atoms in total. The number of hydrogen-bond donors (Lipinski definition) is 0. The molecule has 2 amide bonds. The van der Waals surface area contributed by atoms with Gasteiger partial charge in [0.05, 0.1) is 4.91 Å². The second kappa shape index (κ2) is 7.01. The molecule has 118 valence electrons. The first-order valence-corrected chi connectivity index (χ1v) is 8.23. The molecule has 0 unspecified atom stereocenters. The topological polar surface area (TPSA) is 40.6 Å². The molecule has 0 radical (unpaired) electrons. The van der Waals surface area contributed by atoms with Gasteiger partial charge in [0, 0.05) is 26.3 Å². The van der Waals surface area contributed by atoms with Crippen LogP contribution in [-0.4, -0.2) is 36.7 Å². The minimum Gasteiger partial charge on any atom is -0.378 e. The number of amides is 2. The lowest BCUT2D eigenvalue weighted by atomic mass is 10.1. The Kier molecular flexibility index (Phi) is 5.29. The third-order valence-corrected chi connectivity index (χ3v) is 4.42. The number of imide groups is 1. The Hall–Kier alpha value is -1.75. The molecule has 1 fully saturated rings. The zero-order valence-corrected chi connectivity index (χ0v) is 14.3. The number of anilines is 1. The molecule has 2 rings (SSSR count). The van der Waals surface area contributed by atoms with Crippen molar-refractivity contribution in [2.75, 3.05) is 25.5 Å². The Balaban J connectivity index is 2.12. The first-order chi connectivity index (χ1) is 10.4. The molecule has 0 aromatic heterocycles. The van der Waals surface area contributed by atoms with Crippen LogP contribution in [0.2, 0.25) is 0 Å². The maximum Gasteiger partial charge on any atom is 0.293 e. The molecule has 1 saturated heterocycles. The van der Waals surface area contributed by atoms with E-state index in [1.165, 1.54) is 4.90 Å². The van der Waals surface area contributed by atoms with Crippen LogP contribution in [0.1, 0.15) is 25.8 Å². The molecule has 0 N–H and O–H groups in total. The Labute approximate surface area is 136 Å². The van der Waals surface area contributed by atoms with Gasteiger partial charge < -0.3 is 4.90 Å². The summed E-state index contributed by atoms with van der Waals surface area (Å²) in [5, 5.41) is -0.165. The first kappa shape index (κ1) is 16.6. The van der Waals surface area contributed by atoms with Crippen molar-refractivity contribution >= 4 is 34.7 Å². The molecule has 1 aromatic carbocycles. The maximum absolute atomic E-state index is 12.3. The summed E-state index contributed by atoms with van der Waals surface area (Å²) in [6.07, 6.45) is 2.63. The summed E-state index contributed by atoms with van der Waals surface area (Å²) in [4.78, 5) is 28.2. The number of thioether (sulfide) groups is 1. The maximum atomic E-state index is 12.3. The van der Waals surface area contributed by atoms with Crippen LogP contribution in [0.3, 0.4) is 0 Å². The lowest BCUT2D eigenvalue weighted by Crippen LogP contribution is -2.29. The molecule has 0 bridgehead atoms. The highest BCUT2D eigenvalue weighted by molar-refractivity contribution is 8.18. The van der Waals surface area contributed by atoms with Crippen molar-refractivity contribution < 1.29 is 9.59 Å². The summed E-state index contributed by atoms with van der Waals surface area (Å²) >= 11 is 1.03. The van der Waals surface area contributed by atoms with Crippen molar-refractivity contribution in [3.8, 4) is 0 Å². The first-order valence-electron chi connectivity index (χ1n) is 7.41. The largest absolute Gasteiger partial charge is 0.378 e. The quantitative estimate of drug-likeness (QED) is 0.774. The molecular formula is C17H22N2O2S. The fourth-order valence-corrected chi connectivity index (χ4v) is 2.97. The van der Waals surface area contributed by atoms with E-state index in [0.717, 1.165) is 29.4 Å². The zero-order valence-electron chi connectivity index (χ0n) is 13.5. The van der Waals surface area contributed by atoms with E-state index < -0.39 is 0 Å². The van der Waals surface area contributed by atoms with Gasteiger partial charge in [0.15, 0.2) is 0 Å². The van der Waals surface area contributed by atoms with Gasteiger partial charge >= 0.3 is 0 Å². The minimum absolute atomic E-state index is 0.165. The van der Waals surface area contributed by atoms with Crippen molar-refractivity contribution in [2.45, 2.75) is 20.3 Å². The van der Waals surface area contributed by atoms with Crippen molar-refractivity contribution in [2.24, 2.45) is 5.92 Å². The molecule has 0 saturated carbocycles. The highest BCUT2D eigenvalue weighted by Crippen LogP contribution is 2.32. The van der Waals surface area contributed by atoms with Gasteiger partial charge in [-0.3, -0.25) is 14.5 Å². The number of benzene rings is 1. The molecule has 22 heavy (non-hydrogen) atoms. The van der Waals surface area contributed by atoms with Gasteiger partial charge in [-0.25, -0.2) is 0 Å². The lowest BCUT2D eigenvalue weighted by molar-refractivity contribution is -0.122. The fraction of sp³-hybridized carbons (Fsp3) is 0.412. The molecule has 5 heteroatoms. The van der Waals surface area contributed by atoms with Gasteiger partial charge in [0.25, 0.3) is 11.1 Å². The van der Waals surface area contributed by atoms with Crippen LogP contribution in [0.15, 0.2) is 29.2 Å². The third kappa shape index (κ3) is 3.91. The van der Waals surface area contributed by atoms with Crippen LogP contribution in [0, 0.1) is 5.92 Å². The summed E-state index contributed by atoms with van der Waals surface area (Å²) in [5.74, 6) is 0.296. The normalized spacial score (nSPS) is 17.0. The van der Waals surface area contributed by atoms with E-state index in [4.69, 9.17) is 0 Å². The Bertz CT molecular complexity index is 591.